The summed E-state index contributed by atoms with van der Waals surface area (Å²) in [7, 11) is -15.3. The van der Waals surface area contributed by atoms with Crippen LogP contribution >= 0.6 is 23.5 Å². The minimum absolute atomic E-state index is 0.648. The number of phosphoric ester groups is 2. The van der Waals surface area contributed by atoms with E-state index in [1.165, 1.54) is 0 Å². The van der Waals surface area contributed by atoms with E-state index in [4.69, 9.17) is 33.9 Å². The third-order valence-corrected chi connectivity index (χ3v) is 8.58. The molecule has 260 valence electrons. The normalized spacial score (nSPS) is 29.6. The molecular weight excluding hydrogens is 701 g/mol. The molecule has 11 N–H and O–H groups in total. The molecule has 0 radical (unpaired) electrons. The van der Waals surface area contributed by atoms with Gasteiger partial charge in [0.1, 0.15) is 36.6 Å². The smallest absolute Gasteiger partial charge is 0.387 e. The highest BCUT2D eigenvalue weighted by Gasteiger charge is 2.46. The van der Waals surface area contributed by atoms with Gasteiger partial charge in [-0.15, -0.1) is 0 Å². The summed E-state index contributed by atoms with van der Waals surface area (Å²) in [5, 5.41) is 39.3. The van der Waals surface area contributed by atoms with Crippen LogP contribution in [0.3, 0.4) is 0 Å². The zero-order chi connectivity index (χ0) is 34.8. The highest BCUT2D eigenvalue weighted by Crippen LogP contribution is 2.57. The van der Waals surface area contributed by atoms with Gasteiger partial charge in [-0.3, -0.25) is 37.7 Å². The molecule has 0 saturated carbocycles. The van der Waals surface area contributed by atoms with Crippen molar-refractivity contribution in [2.24, 2.45) is 0 Å². The number of aliphatic hydroxyl groups excluding tert-OH is 4. The molecule has 0 aromatic carbocycles. The lowest BCUT2D eigenvalue weighted by Crippen LogP contribution is -2.37. The van der Waals surface area contributed by atoms with Gasteiger partial charge in [0, 0.05) is 24.5 Å². The van der Waals surface area contributed by atoms with Crippen LogP contribution in [0.1, 0.15) is 12.5 Å². The van der Waals surface area contributed by atoms with Crippen molar-refractivity contribution in [2.75, 3.05) is 13.2 Å². The zero-order valence-corrected chi connectivity index (χ0v) is 25.2. The van der Waals surface area contributed by atoms with E-state index in [1.807, 2.05) is 9.97 Å². The molecule has 46 heavy (non-hydrogen) atoms. The van der Waals surface area contributed by atoms with Gasteiger partial charge in [0.05, 0.1) is 13.2 Å². The van der Waals surface area contributed by atoms with E-state index in [2.05, 4.69) is 13.4 Å². The first-order valence-corrected chi connectivity index (χ1v) is 16.7. The minimum atomic E-state index is -5.32. The largest absolute Gasteiger partial charge is 0.481 e. The fourth-order valence-electron chi connectivity index (χ4n) is 3.94. The molecule has 1 unspecified atom stereocenters. The summed E-state index contributed by atoms with van der Waals surface area (Å²) in [6.45, 7) is -1.59. The minimum Gasteiger partial charge on any atom is -0.387 e. The molecular formula is C18H27N4O21P3. The molecule has 2 aromatic heterocycles. The van der Waals surface area contributed by atoms with Gasteiger partial charge < -0.3 is 54.4 Å². The Morgan fingerprint density at radius 3 is 1.39 bits per heavy atom. The third-order valence-electron chi connectivity index (χ3n) is 5.94. The van der Waals surface area contributed by atoms with Crippen molar-refractivity contribution in [3.8, 4) is 0 Å². The lowest BCUT2D eigenvalue weighted by Gasteiger charge is -2.17. The van der Waals surface area contributed by atoms with E-state index >= 15 is 0 Å². The number of H-pyrrole nitrogens is 2. The van der Waals surface area contributed by atoms with E-state index in [0.29, 0.717) is 0 Å². The fraction of sp³-hybridized carbons (Fsp3) is 0.556. The van der Waals surface area contributed by atoms with Crippen molar-refractivity contribution in [1.29, 1.82) is 0 Å². The van der Waals surface area contributed by atoms with Gasteiger partial charge in [-0.2, -0.15) is 4.31 Å². The first-order chi connectivity index (χ1) is 21.1. The van der Waals surface area contributed by atoms with Crippen LogP contribution in [0.4, 0.5) is 0 Å². The number of rotatable bonds is 10. The van der Waals surface area contributed by atoms with Crippen LogP contribution in [-0.4, -0.2) is 114 Å². The Balaban J connectivity index is 0.000000254. The topological polar surface area (TPSA) is 389 Å². The lowest BCUT2D eigenvalue weighted by atomic mass is 10.1. The highest BCUT2D eigenvalue weighted by atomic mass is 31.3. The molecule has 4 rings (SSSR count). The van der Waals surface area contributed by atoms with E-state index in [-0.39, 0.29) is 0 Å². The predicted octanol–water partition coefficient (Wildman–Crippen LogP) is -5.35. The molecule has 2 saturated heterocycles. The van der Waals surface area contributed by atoms with Crippen LogP contribution in [0.15, 0.2) is 43.7 Å². The summed E-state index contributed by atoms with van der Waals surface area (Å²) < 4.78 is 56.4. The van der Waals surface area contributed by atoms with Crippen LogP contribution in [0.2, 0.25) is 0 Å². The molecule has 0 spiro atoms. The summed E-state index contributed by atoms with van der Waals surface area (Å²) in [6, 6.07) is 1.98. The van der Waals surface area contributed by atoms with Crippen LogP contribution in [0.25, 0.3) is 0 Å². The Bertz CT molecular complexity index is 1740. The Hall–Kier alpha value is -2.51. The van der Waals surface area contributed by atoms with Crippen LogP contribution in [0, 0.1) is 0 Å². The van der Waals surface area contributed by atoms with Gasteiger partial charge >= 0.3 is 34.8 Å². The molecule has 0 bridgehead atoms. The van der Waals surface area contributed by atoms with Gasteiger partial charge in [0.2, 0.25) is 0 Å². The van der Waals surface area contributed by atoms with Crippen LogP contribution in [0.5, 0.6) is 0 Å². The SMILES string of the molecule is O=c1ccn([C@@H]2O[C@@H](COP(=O)(O)O)[C@H](O)[C@H]2O)c(=O)[nH]1.O=c1ccn([C@@H]2O[C@H](COP(=O)(O)OP(=O)(O)O)[C@@H](O)[C@H]2O)c(=O)[nH]1. The predicted molar refractivity (Wildman–Crippen MR) is 141 cm³/mol. The van der Waals surface area contributed by atoms with Crippen LogP contribution < -0.4 is 22.5 Å². The van der Waals surface area contributed by atoms with Gasteiger partial charge in [0.15, 0.2) is 12.5 Å². The van der Waals surface area contributed by atoms with Crippen LogP contribution in [-0.2, 0) is 36.5 Å². The average Bonchev–Trinajstić information content (AvgIpc) is 3.35. The molecule has 4 heterocycles. The van der Waals surface area contributed by atoms with Gasteiger partial charge in [-0.05, 0) is 0 Å². The second kappa shape index (κ2) is 14.7. The molecule has 0 aliphatic carbocycles. The van der Waals surface area contributed by atoms with E-state index in [1.54, 1.807) is 0 Å². The lowest BCUT2D eigenvalue weighted by molar-refractivity contribution is -0.0543. The van der Waals surface area contributed by atoms with E-state index < -0.39 is 108 Å². The Kier molecular flexibility index (Phi) is 12.1. The first-order valence-electron chi connectivity index (χ1n) is 12.2. The second-order valence-corrected chi connectivity index (χ2v) is 13.3. The van der Waals surface area contributed by atoms with Gasteiger partial charge in [-0.1, -0.05) is 0 Å². The van der Waals surface area contributed by atoms with Crippen molar-refractivity contribution >= 4 is 23.5 Å². The monoisotopic (exact) mass is 728 g/mol. The molecule has 2 aliphatic heterocycles. The number of ether oxygens (including phenoxy) is 2. The van der Waals surface area contributed by atoms with Gasteiger partial charge in [-0.25, -0.2) is 23.3 Å². The maximum Gasteiger partial charge on any atom is 0.481 e. The van der Waals surface area contributed by atoms with E-state index in [9.17, 15) is 53.3 Å². The summed E-state index contributed by atoms with van der Waals surface area (Å²) in [6.07, 6.45) is -9.83. The summed E-state index contributed by atoms with van der Waals surface area (Å²) in [5.74, 6) is 0. The number of hydrogen-bond donors (Lipinski definition) is 11. The zero-order valence-electron chi connectivity index (χ0n) is 22.5. The highest BCUT2D eigenvalue weighted by molar-refractivity contribution is 7.60. The molecule has 2 fully saturated rings. The molecule has 25 nitrogen and oxygen atoms in total. The first kappa shape index (κ1) is 37.9. The van der Waals surface area contributed by atoms with Crippen molar-refractivity contribution in [3.05, 3.63) is 66.2 Å². The number of aliphatic hydroxyl groups is 4. The number of aromatic nitrogens is 4. The number of aromatic amines is 2. The van der Waals surface area contributed by atoms with E-state index in [0.717, 1.165) is 33.7 Å². The maximum atomic E-state index is 11.7. The second-order valence-electron chi connectivity index (χ2n) is 9.25. The molecule has 28 heteroatoms. The Morgan fingerprint density at radius 2 is 1.04 bits per heavy atom. The molecule has 2 aliphatic rings. The van der Waals surface area contributed by atoms with Crippen molar-refractivity contribution in [3.63, 3.8) is 0 Å². The fourth-order valence-corrected chi connectivity index (χ4v) is 5.89. The standard InChI is InChI=1S/C9H14N2O12P2.C9H13N2O9P/c12-5-1-2-11(9(15)10-5)8-7(14)6(13)4(22-8)3-21-25(19,20)23-24(16,17)18;12-5-1-2-11(9(15)10-5)8-7(14)6(13)4(20-8)3-19-21(16,17)18/h1-2,4,6-8,13-14H,3H2,(H,19,20)(H,10,12,15)(H2,16,17,18);1-2,4,6-8,13-14H,3H2,(H,10,12,15)(H2,16,17,18)/t4-,6-,7-,8-;4-,6-,7+,8+/m10/s1. The molecule has 9 atom stereocenters. The summed E-state index contributed by atoms with van der Waals surface area (Å²) >= 11 is 0. The number of nitrogens with one attached hydrogen (secondary N) is 2. The average molecular weight is 728 g/mol. The summed E-state index contributed by atoms with van der Waals surface area (Å²) in [4.78, 5) is 92.3. The number of hydrogen-bond acceptors (Lipinski definition) is 16. The Morgan fingerprint density at radius 1 is 0.652 bits per heavy atom. The quantitative estimate of drug-likeness (QED) is 0.102. The molecule has 2 aromatic rings. The van der Waals surface area contributed by atoms with Crippen molar-refractivity contribution < 1.29 is 81.4 Å². The molecule has 0 amide bonds. The van der Waals surface area contributed by atoms with Crippen molar-refractivity contribution in [2.45, 2.75) is 49.1 Å². The third kappa shape index (κ3) is 10.2. The van der Waals surface area contributed by atoms with Gasteiger partial charge in [0.25, 0.3) is 11.1 Å². The number of phosphoric acid groups is 3. The van der Waals surface area contributed by atoms with Crippen molar-refractivity contribution in [1.82, 2.24) is 19.1 Å². The summed E-state index contributed by atoms with van der Waals surface area (Å²) in [5.41, 5.74) is -3.16. The number of nitrogens with zero attached hydrogens (tertiary/aromatic N) is 2. The Labute approximate surface area is 252 Å². The maximum absolute atomic E-state index is 11.7.